The highest BCUT2D eigenvalue weighted by molar-refractivity contribution is 5.77. The van der Waals surface area contributed by atoms with Gasteiger partial charge in [0.1, 0.15) is 24.0 Å². The maximum absolute atomic E-state index is 13.6. The van der Waals surface area contributed by atoms with Gasteiger partial charge in [0.2, 0.25) is 5.95 Å². The molecule has 1 aliphatic rings. The molecule has 1 aliphatic heterocycles. The second-order valence-electron chi connectivity index (χ2n) is 5.24. The Kier molecular flexibility index (Phi) is 3.15. The summed E-state index contributed by atoms with van der Waals surface area (Å²) in [4.78, 5) is 4.18. The molecule has 0 spiro atoms. The van der Waals surface area contributed by atoms with Crippen molar-refractivity contribution in [2.24, 2.45) is 0 Å². The van der Waals surface area contributed by atoms with Crippen molar-refractivity contribution in [1.82, 2.24) is 14.8 Å². The molecule has 114 valence electrons. The van der Waals surface area contributed by atoms with Gasteiger partial charge in [-0.3, -0.25) is 0 Å². The van der Waals surface area contributed by atoms with Crippen LogP contribution in [-0.4, -0.2) is 14.8 Å². The minimum atomic E-state index is -0.306. The molecule has 0 amide bonds. The molecule has 2 aromatic carbocycles. The molecule has 1 aromatic heterocycles. The van der Waals surface area contributed by atoms with Crippen molar-refractivity contribution in [3.05, 3.63) is 83.7 Å². The third-order valence-electron chi connectivity index (χ3n) is 3.75. The largest absolute Gasteiger partial charge is 0.324 e. The average molecular weight is 310 g/mol. The van der Waals surface area contributed by atoms with Gasteiger partial charge in [0.05, 0.1) is 0 Å². The van der Waals surface area contributed by atoms with Crippen molar-refractivity contribution >= 4 is 11.6 Å². The lowest BCUT2D eigenvalue weighted by Crippen LogP contribution is -2.20. The minimum Gasteiger partial charge on any atom is -0.324 e. The van der Waals surface area contributed by atoms with Crippen molar-refractivity contribution in [3.63, 3.8) is 0 Å². The first-order valence-electron chi connectivity index (χ1n) is 7.10. The first-order valence-corrected chi connectivity index (χ1v) is 7.10. The summed E-state index contributed by atoms with van der Waals surface area (Å²) in [5.74, 6) is -0.0458. The van der Waals surface area contributed by atoms with Gasteiger partial charge < -0.3 is 5.32 Å². The van der Waals surface area contributed by atoms with Gasteiger partial charge in [-0.05, 0) is 53.6 Å². The Bertz CT molecular complexity index is 884. The van der Waals surface area contributed by atoms with Crippen LogP contribution < -0.4 is 5.32 Å². The summed E-state index contributed by atoms with van der Waals surface area (Å²) >= 11 is 0. The second-order valence-corrected chi connectivity index (χ2v) is 5.24. The maximum atomic E-state index is 13.6. The van der Waals surface area contributed by atoms with E-state index < -0.39 is 0 Å². The number of nitrogens with one attached hydrogen (secondary N) is 1. The number of allylic oxidation sites excluding steroid dienone is 1. The summed E-state index contributed by atoms with van der Waals surface area (Å²) in [6.45, 7) is 0. The average Bonchev–Trinajstić information content (AvgIpc) is 3.03. The van der Waals surface area contributed by atoms with Crippen LogP contribution in [0.15, 0.2) is 60.9 Å². The van der Waals surface area contributed by atoms with Crippen LogP contribution >= 0.6 is 0 Å². The first kappa shape index (κ1) is 13.6. The molecular weight excluding hydrogens is 298 g/mol. The van der Waals surface area contributed by atoms with Crippen molar-refractivity contribution in [3.8, 4) is 0 Å². The zero-order valence-corrected chi connectivity index (χ0v) is 11.9. The zero-order chi connectivity index (χ0) is 15.8. The van der Waals surface area contributed by atoms with E-state index in [1.54, 1.807) is 22.9 Å². The Labute approximate surface area is 131 Å². The predicted molar refractivity (Wildman–Crippen MR) is 82.6 cm³/mol. The molecule has 23 heavy (non-hydrogen) atoms. The number of hydrogen-bond donors (Lipinski definition) is 1. The van der Waals surface area contributed by atoms with Crippen LogP contribution in [0.5, 0.6) is 0 Å². The molecule has 0 aliphatic carbocycles. The number of anilines is 1. The Morgan fingerprint density at radius 2 is 1.83 bits per heavy atom. The van der Waals surface area contributed by atoms with Gasteiger partial charge in [-0.1, -0.05) is 12.1 Å². The van der Waals surface area contributed by atoms with Gasteiger partial charge in [-0.15, -0.1) is 0 Å². The highest BCUT2D eigenvalue weighted by Gasteiger charge is 2.23. The van der Waals surface area contributed by atoms with Crippen LogP contribution in [0.4, 0.5) is 14.7 Å². The molecule has 3 aromatic rings. The summed E-state index contributed by atoms with van der Waals surface area (Å²) in [7, 11) is 0. The Hall–Kier alpha value is -3.02. The Morgan fingerprint density at radius 1 is 1.00 bits per heavy atom. The van der Waals surface area contributed by atoms with E-state index in [2.05, 4.69) is 15.4 Å². The summed E-state index contributed by atoms with van der Waals surface area (Å²) in [6.07, 6.45) is 3.36. The van der Waals surface area contributed by atoms with Gasteiger partial charge in [0.15, 0.2) is 0 Å². The van der Waals surface area contributed by atoms with Gasteiger partial charge in [0.25, 0.3) is 0 Å². The van der Waals surface area contributed by atoms with E-state index in [9.17, 15) is 8.78 Å². The fraction of sp³-hybridized carbons (Fsp3) is 0.0588. The molecule has 2 heterocycles. The monoisotopic (exact) mass is 310 g/mol. The number of nitrogens with zero attached hydrogens (tertiary/aromatic N) is 3. The molecule has 0 bridgehead atoms. The minimum absolute atomic E-state index is 0.287. The van der Waals surface area contributed by atoms with E-state index in [0.717, 1.165) is 16.8 Å². The maximum Gasteiger partial charge on any atom is 0.226 e. The Balaban J connectivity index is 1.81. The quantitative estimate of drug-likeness (QED) is 0.786. The molecule has 6 heteroatoms. The number of aromatic nitrogens is 3. The molecule has 0 unspecified atom stereocenters. The van der Waals surface area contributed by atoms with Crippen molar-refractivity contribution in [1.29, 1.82) is 0 Å². The highest BCUT2D eigenvalue weighted by Crippen LogP contribution is 2.32. The summed E-state index contributed by atoms with van der Waals surface area (Å²) in [5, 5.41) is 7.36. The lowest BCUT2D eigenvalue weighted by molar-refractivity contribution is 0.593. The fourth-order valence-electron chi connectivity index (χ4n) is 2.66. The van der Waals surface area contributed by atoms with E-state index >= 15 is 0 Å². The van der Waals surface area contributed by atoms with E-state index in [1.807, 2.05) is 12.1 Å². The molecule has 1 atom stereocenters. The van der Waals surface area contributed by atoms with E-state index in [-0.39, 0.29) is 17.7 Å². The van der Waals surface area contributed by atoms with Crippen molar-refractivity contribution in [2.75, 3.05) is 5.32 Å². The number of benzene rings is 2. The standard InChI is InChI=1S/C17H12F2N4/c18-13-6-4-11(5-7-13)15-9-16(12-2-1-3-14(19)8-12)23-17(22-15)20-10-21-23/h1-10,16H,(H,20,21,22)/t16-/m0/s1. The van der Waals surface area contributed by atoms with Crippen LogP contribution in [0, 0.1) is 11.6 Å². The van der Waals surface area contributed by atoms with E-state index in [4.69, 9.17) is 0 Å². The van der Waals surface area contributed by atoms with Gasteiger partial charge in [-0.2, -0.15) is 10.1 Å². The molecular formula is C17H12F2N4. The van der Waals surface area contributed by atoms with E-state index in [1.165, 1.54) is 30.6 Å². The lowest BCUT2D eigenvalue weighted by Gasteiger charge is -2.24. The topological polar surface area (TPSA) is 42.7 Å². The molecule has 4 rings (SSSR count). The van der Waals surface area contributed by atoms with Gasteiger partial charge in [-0.25, -0.2) is 13.5 Å². The molecule has 1 N–H and O–H groups in total. The van der Waals surface area contributed by atoms with Crippen molar-refractivity contribution in [2.45, 2.75) is 6.04 Å². The van der Waals surface area contributed by atoms with Crippen LogP contribution in [-0.2, 0) is 0 Å². The zero-order valence-electron chi connectivity index (χ0n) is 11.9. The first-order chi connectivity index (χ1) is 11.2. The summed E-state index contributed by atoms with van der Waals surface area (Å²) in [5.41, 5.74) is 2.36. The number of fused-ring (bicyclic) bond motifs is 1. The number of halogens is 2. The molecule has 0 fully saturated rings. The van der Waals surface area contributed by atoms with E-state index in [0.29, 0.717) is 5.95 Å². The predicted octanol–water partition coefficient (Wildman–Crippen LogP) is 3.61. The summed E-state index contributed by atoms with van der Waals surface area (Å²) < 4.78 is 28.4. The molecule has 0 saturated carbocycles. The number of rotatable bonds is 2. The summed E-state index contributed by atoms with van der Waals surface area (Å²) in [6, 6.07) is 12.2. The molecule has 0 saturated heterocycles. The third-order valence-corrected chi connectivity index (χ3v) is 3.75. The SMILES string of the molecule is Fc1ccc(C2=C[C@@H](c3cccc(F)c3)n3ncnc3N2)cc1. The van der Waals surface area contributed by atoms with Crippen LogP contribution in [0.25, 0.3) is 5.70 Å². The Morgan fingerprint density at radius 3 is 2.61 bits per heavy atom. The fourth-order valence-corrected chi connectivity index (χ4v) is 2.66. The lowest BCUT2D eigenvalue weighted by atomic mass is 10.0. The number of hydrogen-bond acceptors (Lipinski definition) is 3. The third kappa shape index (κ3) is 2.48. The normalized spacial score (nSPS) is 16.4. The van der Waals surface area contributed by atoms with Gasteiger partial charge in [0, 0.05) is 5.70 Å². The van der Waals surface area contributed by atoms with Gasteiger partial charge >= 0.3 is 0 Å². The van der Waals surface area contributed by atoms with Crippen LogP contribution in [0.1, 0.15) is 17.2 Å². The molecule has 0 radical (unpaired) electrons. The second kappa shape index (κ2) is 5.31. The van der Waals surface area contributed by atoms with Crippen LogP contribution in [0.2, 0.25) is 0 Å². The highest BCUT2D eigenvalue weighted by atomic mass is 19.1. The van der Waals surface area contributed by atoms with Crippen LogP contribution in [0.3, 0.4) is 0 Å². The smallest absolute Gasteiger partial charge is 0.226 e. The molecule has 4 nitrogen and oxygen atoms in total. The van der Waals surface area contributed by atoms with Crippen molar-refractivity contribution < 1.29 is 8.78 Å².